The van der Waals surface area contributed by atoms with Crippen molar-refractivity contribution >= 4 is 5.97 Å². The predicted molar refractivity (Wildman–Crippen MR) is 101 cm³/mol. The normalized spacial score (nSPS) is 34.0. The van der Waals surface area contributed by atoms with E-state index in [1.165, 1.54) is 0 Å². The SMILES string of the molecule is CCOC(=O)[C@H]1[C@H](CCC2OC(C)C(C)O2)NC[C@@H]1c1ccc2c(c1)OCO2. The zero-order chi connectivity index (χ0) is 19.7. The maximum Gasteiger partial charge on any atom is 0.311 e. The molecule has 154 valence electrons. The Bertz CT molecular complexity index is 700. The lowest BCUT2D eigenvalue weighted by atomic mass is 9.83. The maximum absolute atomic E-state index is 12.8. The van der Waals surface area contributed by atoms with Crippen LogP contribution >= 0.6 is 0 Å². The summed E-state index contributed by atoms with van der Waals surface area (Å²) in [6.45, 7) is 7.22. The fraction of sp³-hybridized carbons (Fsp3) is 0.667. The van der Waals surface area contributed by atoms with E-state index in [0.29, 0.717) is 13.2 Å². The summed E-state index contributed by atoms with van der Waals surface area (Å²) in [4.78, 5) is 12.8. The minimum Gasteiger partial charge on any atom is -0.466 e. The van der Waals surface area contributed by atoms with Gasteiger partial charge < -0.3 is 29.0 Å². The second kappa shape index (κ2) is 8.27. The molecule has 3 aliphatic heterocycles. The van der Waals surface area contributed by atoms with E-state index < -0.39 is 0 Å². The molecule has 0 radical (unpaired) electrons. The number of hydrogen-bond acceptors (Lipinski definition) is 7. The van der Waals surface area contributed by atoms with Crippen molar-refractivity contribution in [3.63, 3.8) is 0 Å². The largest absolute Gasteiger partial charge is 0.466 e. The number of carbonyl (C=O) groups excluding carboxylic acids is 1. The molecule has 2 saturated heterocycles. The van der Waals surface area contributed by atoms with E-state index in [1.807, 2.05) is 39.0 Å². The highest BCUT2D eigenvalue weighted by atomic mass is 16.7. The molecule has 1 aromatic rings. The van der Waals surface area contributed by atoms with Gasteiger partial charge in [-0.25, -0.2) is 0 Å². The third kappa shape index (κ3) is 3.83. The molecule has 3 aliphatic rings. The lowest BCUT2D eigenvalue weighted by Crippen LogP contribution is -2.34. The van der Waals surface area contributed by atoms with Crippen LogP contribution in [0.1, 0.15) is 45.1 Å². The number of benzene rings is 1. The van der Waals surface area contributed by atoms with Gasteiger partial charge in [0.25, 0.3) is 0 Å². The van der Waals surface area contributed by atoms with Crippen LogP contribution in [-0.4, -0.2) is 50.5 Å². The van der Waals surface area contributed by atoms with Crippen molar-refractivity contribution in [3.8, 4) is 11.5 Å². The summed E-state index contributed by atoms with van der Waals surface area (Å²) >= 11 is 0. The van der Waals surface area contributed by atoms with Crippen LogP contribution in [0.15, 0.2) is 18.2 Å². The van der Waals surface area contributed by atoms with Crippen LogP contribution in [0.25, 0.3) is 0 Å². The molecule has 4 rings (SSSR count). The van der Waals surface area contributed by atoms with E-state index in [4.69, 9.17) is 23.7 Å². The Labute approximate surface area is 165 Å². The van der Waals surface area contributed by atoms with Crippen molar-refractivity contribution in [2.24, 2.45) is 5.92 Å². The number of nitrogens with one attached hydrogen (secondary N) is 1. The molecular formula is C21H29NO6. The molecule has 1 aromatic carbocycles. The highest BCUT2D eigenvalue weighted by molar-refractivity contribution is 5.75. The first kappa shape index (κ1) is 19.5. The van der Waals surface area contributed by atoms with E-state index >= 15 is 0 Å². The summed E-state index contributed by atoms with van der Waals surface area (Å²) in [7, 11) is 0. The van der Waals surface area contributed by atoms with Gasteiger partial charge in [0.05, 0.1) is 24.7 Å². The van der Waals surface area contributed by atoms with Crippen LogP contribution in [-0.2, 0) is 19.0 Å². The molecule has 0 saturated carbocycles. The van der Waals surface area contributed by atoms with Gasteiger partial charge in [-0.3, -0.25) is 4.79 Å². The van der Waals surface area contributed by atoms with E-state index in [1.54, 1.807) is 0 Å². The zero-order valence-corrected chi connectivity index (χ0v) is 16.7. The first-order valence-electron chi connectivity index (χ1n) is 10.2. The first-order valence-corrected chi connectivity index (χ1v) is 10.2. The molecule has 28 heavy (non-hydrogen) atoms. The molecule has 2 fully saturated rings. The Morgan fingerprint density at radius 1 is 1.14 bits per heavy atom. The van der Waals surface area contributed by atoms with Gasteiger partial charge in [0.2, 0.25) is 6.79 Å². The smallest absolute Gasteiger partial charge is 0.311 e. The minimum absolute atomic E-state index is 0.0212. The second-order valence-electron chi connectivity index (χ2n) is 7.70. The Kier molecular flexibility index (Phi) is 5.75. The number of fused-ring (bicyclic) bond motifs is 1. The van der Waals surface area contributed by atoms with Crippen molar-refractivity contribution < 1.29 is 28.5 Å². The van der Waals surface area contributed by atoms with E-state index in [9.17, 15) is 4.79 Å². The lowest BCUT2D eigenvalue weighted by Gasteiger charge is -2.23. The van der Waals surface area contributed by atoms with E-state index in [0.717, 1.165) is 29.9 Å². The third-order valence-corrected chi connectivity index (χ3v) is 5.96. The van der Waals surface area contributed by atoms with Crippen LogP contribution in [0, 0.1) is 5.92 Å². The number of rotatable bonds is 6. The average molecular weight is 391 g/mol. The summed E-state index contributed by atoms with van der Waals surface area (Å²) in [5.41, 5.74) is 1.06. The predicted octanol–water partition coefficient (Wildman–Crippen LogP) is 2.58. The molecule has 0 amide bonds. The van der Waals surface area contributed by atoms with Crippen LogP contribution in [0.4, 0.5) is 0 Å². The Hall–Kier alpha value is -1.83. The van der Waals surface area contributed by atoms with E-state index in [-0.39, 0.29) is 49.1 Å². The molecule has 3 heterocycles. The van der Waals surface area contributed by atoms with Crippen molar-refractivity contribution in [2.75, 3.05) is 19.9 Å². The second-order valence-corrected chi connectivity index (χ2v) is 7.70. The lowest BCUT2D eigenvalue weighted by molar-refractivity contribution is -0.149. The zero-order valence-electron chi connectivity index (χ0n) is 16.7. The van der Waals surface area contributed by atoms with Gasteiger partial charge >= 0.3 is 5.97 Å². The molecule has 0 aliphatic carbocycles. The van der Waals surface area contributed by atoms with Gasteiger partial charge in [-0.15, -0.1) is 0 Å². The Morgan fingerprint density at radius 3 is 2.64 bits per heavy atom. The van der Waals surface area contributed by atoms with Gasteiger partial charge in [0.1, 0.15) is 0 Å². The van der Waals surface area contributed by atoms with Crippen LogP contribution in [0.2, 0.25) is 0 Å². The van der Waals surface area contributed by atoms with Gasteiger partial charge in [0.15, 0.2) is 17.8 Å². The summed E-state index contributed by atoms with van der Waals surface area (Å²) in [5, 5.41) is 3.52. The first-order chi connectivity index (χ1) is 13.6. The quantitative estimate of drug-likeness (QED) is 0.747. The topological polar surface area (TPSA) is 75.3 Å². The maximum atomic E-state index is 12.8. The summed E-state index contributed by atoms with van der Waals surface area (Å²) in [5.74, 6) is 1.10. The fourth-order valence-corrected chi connectivity index (χ4v) is 4.31. The molecular weight excluding hydrogens is 362 g/mol. The summed E-state index contributed by atoms with van der Waals surface area (Å²) in [6.07, 6.45) is 1.52. The van der Waals surface area contributed by atoms with Crippen molar-refractivity contribution in [1.82, 2.24) is 5.32 Å². The molecule has 5 atom stereocenters. The summed E-state index contributed by atoms with van der Waals surface area (Å²) < 4.78 is 28.0. The molecule has 0 aromatic heterocycles. The molecule has 1 N–H and O–H groups in total. The number of esters is 1. The molecule has 7 nitrogen and oxygen atoms in total. The Morgan fingerprint density at radius 2 is 1.89 bits per heavy atom. The van der Waals surface area contributed by atoms with Gasteiger partial charge in [-0.2, -0.15) is 0 Å². The van der Waals surface area contributed by atoms with Gasteiger partial charge in [0, 0.05) is 18.5 Å². The van der Waals surface area contributed by atoms with Crippen LogP contribution < -0.4 is 14.8 Å². The molecule has 2 unspecified atom stereocenters. The van der Waals surface area contributed by atoms with Gasteiger partial charge in [-0.1, -0.05) is 6.07 Å². The molecule has 0 bridgehead atoms. The monoisotopic (exact) mass is 391 g/mol. The fourth-order valence-electron chi connectivity index (χ4n) is 4.31. The van der Waals surface area contributed by atoms with Crippen molar-refractivity contribution in [3.05, 3.63) is 23.8 Å². The van der Waals surface area contributed by atoms with Crippen molar-refractivity contribution in [2.45, 2.75) is 64.1 Å². The highest BCUT2D eigenvalue weighted by Gasteiger charge is 2.43. The number of hydrogen-bond donors (Lipinski definition) is 1. The van der Waals surface area contributed by atoms with Crippen LogP contribution in [0.3, 0.4) is 0 Å². The number of ether oxygens (including phenoxy) is 5. The average Bonchev–Trinajstić information content (AvgIpc) is 3.38. The summed E-state index contributed by atoms with van der Waals surface area (Å²) in [6, 6.07) is 5.93. The minimum atomic E-state index is -0.253. The Balaban J connectivity index is 1.47. The molecule has 7 heteroatoms. The third-order valence-electron chi connectivity index (χ3n) is 5.96. The van der Waals surface area contributed by atoms with Crippen molar-refractivity contribution in [1.29, 1.82) is 0 Å². The molecule has 0 spiro atoms. The van der Waals surface area contributed by atoms with Crippen LogP contribution in [0.5, 0.6) is 11.5 Å². The number of carbonyl (C=O) groups is 1. The highest BCUT2D eigenvalue weighted by Crippen LogP contribution is 2.40. The van der Waals surface area contributed by atoms with E-state index in [2.05, 4.69) is 5.32 Å². The van der Waals surface area contributed by atoms with Gasteiger partial charge in [-0.05, 0) is 51.3 Å². The standard InChI is InChI=1S/C21H29NO6/c1-4-24-21(23)20-15(14-5-7-17-18(9-14)26-11-25-17)10-22-16(20)6-8-19-27-12(2)13(3)28-19/h5,7,9,12-13,15-16,19-20,22H,4,6,8,10-11H2,1-3H3/t12?,13?,15-,16+,19?,20-/m1/s1.